The second-order valence-corrected chi connectivity index (χ2v) is 6.55. The molecule has 1 aromatic carbocycles. The summed E-state index contributed by atoms with van der Waals surface area (Å²) in [6.07, 6.45) is 3.81. The quantitative estimate of drug-likeness (QED) is 0.923. The van der Waals surface area contributed by atoms with E-state index in [2.05, 4.69) is 21.2 Å². The second kappa shape index (κ2) is 5.30. The fourth-order valence-corrected chi connectivity index (χ4v) is 3.04. The molecule has 1 aliphatic carbocycles. The van der Waals surface area contributed by atoms with Gasteiger partial charge in [-0.05, 0) is 53.4 Å². The summed E-state index contributed by atoms with van der Waals surface area (Å²) in [4.78, 5) is 24.0. The Labute approximate surface area is 131 Å². The van der Waals surface area contributed by atoms with Gasteiger partial charge in [-0.2, -0.15) is 0 Å². The predicted octanol–water partition coefficient (Wildman–Crippen LogP) is 3.00. The van der Waals surface area contributed by atoms with Crippen LogP contribution in [-0.4, -0.2) is 16.9 Å². The molecule has 21 heavy (non-hydrogen) atoms. The van der Waals surface area contributed by atoms with Gasteiger partial charge >= 0.3 is 0 Å². The molecule has 5 heteroatoms. The van der Waals surface area contributed by atoms with Gasteiger partial charge in [0.15, 0.2) is 5.78 Å². The summed E-state index contributed by atoms with van der Waals surface area (Å²) >= 11 is 3.29. The molecule has 4 nitrogen and oxygen atoms in total. The molecule has 0 saturated heterocycles. The number of hydrogen-bond donors (Lipinski definition) is 1. The van der Waals surface area contributed by atoms with Crippen molar-refractivity contribution in [1.29, 1.82) is 0 Å². The lowest BCUT2D eigenvalue weighted by Crippen LogP contribution is -2.16. The summed E-state index contributed by atoms with van der Waals surface area (Å²) < 4.78 is 2.47. The SMILES string of the molecule is Cc1cc2c(cc1NCC(=O)C1CC1)c(=O)c(Br)cn2C. The van der Waals surface area contributed by atoms with Crippen molar-refractivity contribution in [2.45, 2.75) is 19.8 Å². The van der Waals surface area contributed by atoms with Gasteiger partial charge in [-0.25, -0.2) is 0 Å². The number of nitrogens with zero attached hydrogens (tertiary/aromatic N) is 1. The summed E-state index contributed by atoms with van der Waals surface area (Å²) in [6.45, 7) is 2.32. The number of hydrogen-bond acceptors (Lipinski definition) is 3. The van der Waals surface area contributed by atoms with Gasteiger partial charge in [-0.15, -0.1) is 0 Å². The Morgan fingerprint density at radius 2 is 2.14 bits per heavy atom. The highest BCUT2D eigenvalue weighted by Gasteiger charge is 2.28. The number of carbonyl (C=O) groups is 1. The van der Waals surface area contributed by atoms with E-state index in [1.807, 2.05) is 30.7 Å². The van der Waals surface area contributed by atoms with Gasteiger partial charge in [0.05, 0.1) is 16.5 Å². The molecule has 0 atom stereocenters. The van der Waals surface area contributed by atoms with Gasteiger partial charge in [0.2, 0.25) is 5.43 Å². The van der Waals surface area contributed by atoms with Crippen molar-refractivity contribution in [2.75, 3.05) is 11.9 Å². The molecule has 1 aromatic heterocycles. The molecule has 0 radical (unpaired) electrons. The number of aromatic nitrogens is 1. The van der Waals surface area contributed by atoms with Crippen LogP contribution in [0.2, 0.25) is 0 Å². The number of ketones is 1. The summed E-state index contributed by atoms with van der Waals surface area (Å²) in [6, 6.07) is 3.82. The molecule has 1 saturated carbocycles. The third-order valence-corrected chi connectivity index (χ3v) is 4.54. The molecule has 1 heterocycles. The third-order valence-electron chi connectivity index (χ3n) is 3.98. The van der Waals surface area contributed by atoms with Gasteiger partial charge in [0, 0.05) is 30.2 Å². The van der Waals surface area contributed by atoms with Crippen molar-refractivity contribution in [3.63, 3.8) is 0 Å². The summed E-state index contributed by atoms with van der Waals surface area (Å²) in [7, 11) is 1.91. The van der Waals surface area contributed by atoms with E-state index in [0.29, 0.717) is 16.4 Å². The maximum absolute atomic E-state index is 12.2. The van der Waals surface area contributed by atoms with Crippen LogP contribution in [0.3, 0.4) is 0 Å². The lowest BCUT2D eigenvalue weighted by molar-refractivity contribution is -0.118. The van der Waals surface area contributed by atoms with Crippen molar-refractivity contribution >= 4 is 38.3 Å². The molecule has 3 rings (SSSR count). The van der Waals surface area contributed by atoms with Crippen LogP contribution in [0.5, 0.6) is 0 Å². The largest absolute Gasteiger partial charge is 0.378 e. The van der Waals surface area contributed by atoms with Crippen molar-refractivity contribution in [3.8, 4) is 0 Å². The number of anilines is 1. The van der Waals surface area contributed by atoms with Crippen LogP contribution in [0.4, 0.5) is 5.69 Å². The Kier molecular flexibility index (Phi) is 3.61. The second-order valence-electron chi connectivity index (χ2n) is 5.70. The third kappa shape index (κ3) is 2.75. The first-order valence-electron chi connectivity index (χ1n) is 7.03. The lowest BCUT2D eigenvalue weighted by atomic mass is 10.1. The van der Waals surface area contributed by atoms with Crippen LogP contribution >= 0.6 is 15.9 Å². The van der Waals surface area contributed by atoms with Crippen molar-refractivity contribution in [1.82, 2.24) is 4.57 Å². The average Bonchev–Trinajstić information content (AvgIpc) is 3.27. The fraction of sp³-hybridized carbons (Fsp3) is 0.375. The first-order valence-corrected chi connectivity index (χ1v) is 7.82. The summed E-state index contributed by atoms with van der Waals surface area (Å²) in [5.74, 6) is 0.511. The molecule has 0 bridgehead atoms. The van der Waals surface area contributed by atoms with E-state index in [0.717, 1.165) is 29.6 Å². The van der Waals surface area contributed by atoms with Crippen LogP contribution in [0.25, 0.3) is 10.9 Å². The number of halogens is 1. The zero-order valence-electron chi connectivity index (χ0n) is 12.1. The van der Waals surface area contributed by atoms with Crippen molar-refractivity contribution in [3.05, 3.63) is 38.6 Å². The maximum atomic E-state index is 12.2. The maximum Gasteiger partial charge on any atom is 0.203 e. The Morgan fingerprint density at radius 3 is 2.81 bits per heavy atom. The predicted molar refractivity (Wildman–Crippen MR) is 87.8 cm³/mol. The fourth-order valence-electron chi connectivity index (χ4n) is 2.52. The van der Waals surface area contributed by atoms with E-state index in [1.165, 1.54) is 0 Å². The Morgan fingerprint density at radius 1 is 1.43 bits per heavy atom. The van der Waals surface area contributed by atoms with E-state index in [-0.39, 0.29) is 17.1 Å². The minimum atomic E-state index is -0.0281. The van der Waals surface area contributed by atoms with Gasteiger partial charge in [0.1, 0.15) is 0 Å². The van der Waals surface area contributed by atoms with Crippen LogP contribution in [-0.2, 0) is 11.8 Å². The molecule has 2 aromatic rings. The number of benzene rings is 1. The molecule has 0 spiro atoms. The highest BCUT2D eigenvalue weighted by atomic mass is 79.9. The molecular formula is C16H17BrN2O2. The van der Waals surface area contributed by atoms with Gasteiger partial charge in [-0.1, -0.05) is 0 Å². The molecule has 110 valence electrons. The number of aryl methyl sites for hydroxylation is 2. The number of carbonyl (C=O) groups excluding carboxylic acids is 1. The normalized spacial score (nSPS) is 14.4. The highest BCUT2D eigenvalue weighted by molar-refractivity contribution is 9.10. The zero-order chi connectivity index (χ0) is 15.1. The molecule has 0 aliphatic heterocycles. The first kappa shape index (κ1) is 14.3. The number of rotatable bonds is 4. The first-order chi connectivity index (χ1) is 9.97. The van der Waals surface area contributed by atoms with Crippen LogP contribution < -0.4 is 10.7 Å². The molecular weight excluding hydrogens is 332 g/mol. The topological polar surface area (TPSA) is 51.1 Å². The molecule has 1 N–H and O–H groups in total. The van der Waals surface area contributed by atoms with Crippen LogP contribution in [0, 0.1) is 12.8 Å². The summed E-state index contributed by atoms with van der Waals surface area (Å²) in [5.41, 5.74) is 2.74. The Bertz CT molecular complexity index is 791. The van der Waals surface area contributed by atoms with Gasteiger partial charge in [-0.3, -0.25) is 9.59 Å². The van der Waals surface area contributed by atoms with Gasteiger partial charge in [0.25, 0.3) is 0 Å². The number of fused-ring (bicyclic) bond motifs is 1. The zero-order valence-corrected chi connectivity index (χ0v) is 13.7. The number of Topliss-reactive ketones (excluding diaryl/α,β-unsaturated/α-hetero) is 1. The van der Waals surface area contributed by atoms with E-state index in [1.54, 1.807) is 6.20 Å². The Balaban J connectivity index is 1.99. The van der Waals surface area contributed by atoms with Crippen LogP contribution in [0.1, 0.15) is 18.4 Å². The number of pyridine rings is 1. The van der Waals surface area contributed by atoms with E-state index < -0.39 is 0 Å². The number of nitrogens with one attached hydrogen (secondary N) is 1. The van der Waals surface area contributed by atoms with E-state index in [4.69, 9.17) is 0 Å². The molecule has 1 aliphatic rings. The van der Waals surface area contributed by atoms with Crippen molar-refractivity contribution in [2.24, 2.45) is 13.0 Å². The smallest absolute Gasteiger partial charge is 0.203 e. The monoisotopic (exact) mass is 348 g/mol. The van der Waals surface area contributed by atoms with Gasteiger partial charge < -0.3 is 9.88 Å². The Hall–Kier alpha value is -1.62. The molecule has 0 unspecified atom stereocenters. The standard InChI is InChI=1S/C16H17BrN2O2/c1-9-5-14-11(16(21)12(17)8-19(14)2)6-13(9)18-7-15(20)10-3-4-10/h5-6,8,10,18H,3-4,7H2,1-2H3. The lowest BCUT2D eigenvalue weighted by Gasteiger charge is -2.13. The van der Waals surface area contributed by atoms with Crippen LogP contribution in [0.15, 0.2) is 27.6 Å². The minimum Gasteiger partial charge on any atom is -0.378 e. The van der Waals surface area contributed by atoms with E-state index >= 15 is 0 Å². The van der Waals surface area contributed by atoms with Crippen molar-refractivity contribution < 1.29 is 4.79 Å². The summed E-state index contributed by atoms with van der Waals surface area (Å²) in [5, 5.41) is 3.83. The van der Waals surface area contributed by atoms with E-state index in [9.17, 15) is 9.59 Å². The molecule has 1 fully saturated rings. The average molecular weight is 349 g/mol. The molecule has 0 amide bonds. The highest BCUT2D eigenvalue weighted by Crippen LogP contribution is 2.30. The minimum absolute atomic E-state index is 0.0281.